The van der Waals surface area contributed by atoms with Gasteiger partial charge in [0.1, 0.15) is 16.6 Å². The zero-order valence-corrected chi connectivity index (χ0v) is 19.3. The minimum absolute atomic E-state index is 0.0444. The van der Waals surface area contributed by atoms with E-state index in [1.54, 1.807) is 31.4 Å². The fourth-order valence-corrected chi connectivity index (χ4v) is 5.80. The first-order valence-electron chi connectivity index (χ1n) is 9.93. The Hall–Kier alpha value is -3.41. The first-order valence-corrected chi connectivity index (χ1v) is 12.3. The minimum atomic E-state index is -3.85. The molecule has 4 heterocycles. The summed E-state index contributed by atoms with van der Waals surface area (Å²) in [7, 11) is -2.31. The van der Waals surface area contributed by atoms with Crippen LogP contribution in [0.5, 0.6) is 0 Å². The van der Waals surface area contributed by atoms with Gasteiger partial charge in [0.25, 0.3) is 5.56 Å². The summed E-state index contributed by atoms with van der Waals surface area (Å²) < 4.78 is 37.9. The van der Waals surface area contributed by atoms with Gasteiger partial charge in [0.15, 0.2) is 10.6 Å². The van der Waals surface area contributed by atoms with Gasteiger partial charge in [-0.1, -0.05) is 0 Å². The van der Waals surface area contributed by atoms with Crippen molar-refractivity contribution >= 4 is 43.0 Å². The van der Waals surface area contributed by atoms with Crippen LogP contribution in [0.15, 0.2) is 73.4 Å². The number of hydrogen-bond acceptors (Lipinski definition) is 9. The molecule has 4 aromatic heterocycles. The van der Waals surface area contributed by atoms with Crippen molar-refractivity contribution in [3.8, 4) is 0 Å². The van der Waals surface area contributed by atoms with Crippen LogP contribution in [0.2, 0.25) is 0 Å². The SMILES string of the molecule is COC(C)c1nc(S(=O)(=O)c2ccc3c(=O)n(Cc4ccc5occc5n4)ncc3c2)cs1. The van der Waals surface area contributed by atoms with Gasteiger partial charge in [-0.05, 0) is 37.3 Å². The summed E-state index contributed by atoms with van der Waals surface area (Å²) in [5, 5.41) is 7.02. The third kappa shape index (κ3) is 3.84. The van der Waals surface area contributed by atoms with Gasteiger partial charge in [0, 0.05) is 23.9 Å². The number of thiazole rings is 1. The first kappa shape index (κ1) is 21.4. The Bertz CT molecular complexity index is 1650. The van der Waals surface area contributed by atoms with E-state index in [2.05, 4.69) is 15.1 Å². The second-order valence-electron chi connectivity index (χ2n) is 7.37. The molecule has 5 rings (SSSR count). The lowest BCUT2D eigenvalue weighted by molar-refractivity contribution is 0.119. The highest BCUT2D eigenvalue weighted by Crippen LogP contribution is 2.28. The van der Waals surface area contributed by atoms with Gasteiger partial charge in [-0.25, -0.2) is 23.1 Å². The van der Waals surface area contributed by atoms with Crippen LogP contribution in [0.25, 0.3) is 21.9 Å². The van der Waals surface area contributed by atoms with E-state index in [0.717, 1.165) is 0 Å². The molecule has 168 valence electrons. The van der Waals surface area contributed by atoms with Crippen LogP contribution in [0, 0.1) is 0 Å². The smallest absolute Gasteiger partial charge is 0.274 e. The van der Waals surface area contributed by atoms with Crippen molar-refractivity contribution in [2.45, 2.75) is 29.5 Å². The molecule has 0 aliphatic carbocycles. The fourth-order valence-electron chi connectivity index (χ4n) is 3.39. The predicted octanol–water partition coefficient (Wildman–Crippen LogP) is 3.58. The Kier molecular flexibility index (Phi) is 5.31. The number of pyridine rings is 1. The molecule has 5 aromatic rings. The summed E-state index contributed by atoms with van der Waals surface area (Å²) in [5.41, 5.74) is 1.67. The maximum atomic E-state index is 13.1. The third-order valence-corrected chi connectivity index (χ3v) is 8.08. The molecule has 0 saturated heterocycles. The first-order chi connectivity index (χ1) is 15.9. The minimum Gasteiger partial charge on any atom is -0.463 e. The maximum Gasteiger partial charge on any atom is 0.274 e. The van der Waals surface area contributed by atoms with Gasteiger partial charge in [0.05, 0.1) is 35.0 Å². The Morgan fingerprint density at radius 2 is 2.03 bits per heavy atom. The third-order valence-electron chi connectivity index (χ3n) is 5.29. The molecule has 0 N–H and O–H groups in total. The van der Waals surface area contributed by atoms with Crippen molar-refractivity contribution in [2.75, 3.05) is 7.11 Å². The molecule has 0 aliphatic heterocycles. The fraction of sp³-hybridized carbons (Fsp3) is 0.182. The number of aromatic nitrogens is 4. The molecule has 0 spiro atoms. The van der Waals surface area contributed by atoms with Gasteiger partial charge in [0.2, 0.25) is 9.84 Å². The molecule has 1 atom stereocenters. The Morgan fingerprint density at radius 1 is 1.18 bits per heavy atom. The van der Waals surface area contributed by atoms with E-state index in [1.165, 1.54) is 52.9 Å². The number of sulfone groups is 1. The zero-order valence-electron chi connectivity index (χ0n) is 17.6. The molecule has 1 unspecified atom stereocenters. The standard InChI is InChI=1S/C22H18N4O5S2/c1-13(30-2)21-25-20(12-32-21)33(28,29)16-4-5-17-14(9-16)10-23-26(22(17)27)11-15-3-6-19-18(24-15)7-8-31-19/h3-10,12-13H,11H2,1-2H3. The van der Waals surface area contributed by atoms with Crippen molar-refractivity contribution in [2.24, 2.45) is 0 Å². The Labute approximate surface area is 192 Å². The van der Waals surface area contributed by atoms with Crippen molar-refractivity contribution in [1.82, 2.24) is 19.7 Å². The average Bonchev–Trinajstić information content (AvgIpc) is 3.50. The van der Waals surface area contributed by atoms with E-state index < -0.39 is 9.84 Å². The largest absolute Gasteiger partial charge is 0.463 e. The molecule has 0 bridgehead atoms. The van der Waals surface area contributed by atoms with E-state index in [1.807, 2.05) is 0 Å². The van der Waals surface area contributed by atoms with Gasteiger partial charge in [-0.15, -0.1) is 11.3 Å². The average molecular weight is 483 g/mol. The van der Waals surface area contributed by atoms with Crippen LogP contribution in [0.3, 0.4) is 0 Å². The van der Waals surface area contributed by atoms with Crippen LogP contribution in [-0.2, 0) is 21.1 Å². The lowest BCUT2D eigenvalue weighted by Crippen LogP contribution is -2.23. The number of fused-ring (bicyclic) bond motifs is 2. The maximum absolute atomic E-state index is 13.1. The Morgan fingerprint density at radius 3 is 2.85 bits per heavy atom. The molecule has 11 heteroatoms. The topological polar surface area (TPSA) is 117 Å². The predicted molar refractivity (Wildman–Crippen MR) is 122 cm³/mol. The van der Waals surface area contributed by atoms with Crippen LogP contribution >= 0.6 is 11.3 Å². The molecule has 0 aliphatic rings. The Balaban J connectivity index is 1.48. The second kappa shape index (κ2) is 8.18. The lowest BCUT2D eigenvalue weighted by Gasteiger charge is -2.08. The summed E-state index contributed by atoms with van der Waals surface area (Å²) in [6.45, 7) is 1.97. The molecule has 9 nitrogen and oxygen atoms in total. The highest BCUT2D eigenvalue weighted by atomic mass is 32.2. The van der Waals surface area contributed by atoms with Crippen molar-refractivity contribution < 1.29 is 17.6 Å². The number of hydrogen-bond donors (Lipinski definition) is 0. The molecular formula is C22H18N4O5S2. The number of rotatable bonds is 6. The molecular weight excluding hydrogens is 464 g/mol. The van der Waals surface area contributed by atoms with Gasteiger partial charge >= 0.3 is 0 Å². The number of nitrogens with zero attached hydrogens (tertiary/aromatic N) is 4. The summed E-state index contributed by atoms with van der Waals surface area (Å²) >= 11 is 1.22. The van der Waals surface area contributed by atoms with Crippen molar-refractivity contribution in [3.05, 3.63) is 75.3 Å². The van der Waals surface area contributed by atoms with Crippen LogP contribution in [-0.4, -0.2) is 35.3 Å². The quantitative estimate of drug-likeness (QED) is 0.360. The number of methoxy groups -OCH3 is 1. The van der Waals surface area contributed by atoms with E-state index >= 15 is 0 Å². The second-order valence-corrected chi connectivity index (χ2v) is 10.2. The zero-order chi connectivity index (χ0) is 23.2. The lowest BCUT2D eigenvalue weighted by atomic mass is 10.2. The van der Waals surface area contributed by atoms with E-state index in [0.29, 0.717) is 32.6 Å². The van der Waals surface area contributed by atoms with Crippen LogP contribution in [0.4, 0.5) is 0 Å². The molecule has 0 fully saturated rings. The molecule has 0 saturated carbocycles. The molecule has 0 radical (unpaired) electrons. The van der Waals surface area contributed by atoms with Crippen LogP contribution < -0.4 is 5.56 Å². The number of benzene rings is 1. The highest BCUT2D eigenvalue weighted by molar-refractivity contribution is 7.91. The monoisotopic (exact) mass is 482 g/mol. The van der Waals surface area contributed by atoms with Gasteiger partial charge in [-0.3, -0.25) is 4.79 Å². The summed E-state index contributed by atoms with van der Waals surface area (Å²) in [4.78, 5) is 21.7. The molecule has 33 heavy (non-hydrogen) atoms. The summed E-state index contributed by atoms with van der Waals surface area (Å²) in [6.07, 6.45) is 2.73. The summed E-state index contributed by atoms with van der Waals surface area (Å²) in [6, 6.07) is 9.67. The normalized spacial score (nSPS) is 13.0. The molecule has 0 amide bonds. The molecule has 1 aromatic carbocycles. The van der Waals surface area contributed by atoms with E-state index in [9.17, 15) is 13.2 Å². The van der Waals surface area contributed by atoms with E-state index in [4.69, 9.17) is 9.15 Å². The van der Waals surface area contributed by atoms with Crippen LogP contribution in [0.1, 0.15) is 23.7 Å². The van der Waals surface area contributed by atoms with E-state index in [-0.39, 0.29) is 28.1 Å². The van der Waals surface area contributed by atoms with Gasteiger partial charge < -0.3 is 9.15 Å². The van der Waals surface area contributed by atoms with Gasteiger partial charge in [-0.2, -0.15) is 5.10 Å². The summed E-state index contributed by atoms with van der Waals surface area (Å²) in [5.74, 6) is 0. The van der Waals surface area contributed by atoms with Crippen molar-refractivity contribution in [3.63, 3.8) is 0 Å². The van der Waals surface area contributed by atoms with Crippen molar-refractivity contribution in [1.29, 1.82) is 0 Å². The number of furan rings is 1. The highest BCUT2D eigenvalue weighted by Gasteiger charge is 2.23. The number of ether oxygens (including phenoxy) is 1.